The Hall–Kier alpha value is -5.81. The SMILES string of the molecule is COC(=O)C[C@H](C(=O)N1CCCC1C(=O)Nc1ccc([C@H]2CC[C@H](c3ccc(CC(=O)[C@@H]4CCCN4C(=O)[C@@H](CC(=O)OC)[C@H](C)OC)cc3)N2c2ccc(C(F)(F)F)cc2)cc1)[C@H](C)OC. The maximum Gasteiger partial charge on any atom is 0.416 e. The minimum Gasteiger partial charge on any atom is -0.469 e. The van der Waals surface area contributed by atoms with Gasteiger partial charge in [-0.15, -0.1) is 0 Å². The molecule has 3 aliphatic heterocycles. The second-order valence-corrected chi connectivity index (χ2v) is 17.6. The number of hydrogen-bond donors (Lipinski definition) is 1. The molecule has 3 aliphatic rings. The number of amides is 3. The fourth-order valence-electron chi connectivity index (χ4n) is 9.70. The number of halogens is 3. The minimum atomic E-state index is -4.51. The van der Waals surface area contributed by atoms with Gasteiger partial charge in [-0.1, -0.05) is 36.4 Å². The van der Waals surface area contributed by atoms with Crippen molar-refractivity contribution < 1.29 is 60.9 Å². The first-order chi connectivity index (χ1) is 32.0. The van der Waals surface area contributed by atoms with Crippen LogP contribution in [-0.2, 0) is 60.3 Å². The van der Waals surface area contributed by atoms with Gasteiger partial charge in [0.25, 0.3) is 0 Å². The fourth-order valence-corrected chi connectivity index (χ4v) is 9.70. The number of ether oxygens (including phenoxy) is 4. The van der Waals surface area contributed by atoms with Gasteiger partial charge in [0.1, 0.15) is 6.04 Å². The molecule has 3 aromatic carbocycles. The molecule has 8 atom stereocenters. The van der Waals surface area contributed by atoms with E-state index in [-0.39, 0.29) is 54.9 Å². The van der Waals surface area contributed by atoms with Crippen LogP contribution in [0.5, 0.6) is 0 Å². The maximum atomic E-state index is 13.8. The van der Waals surface area contributed by atoms with Crippen LogP contribution in [0.1, 0.15) is 99.6 Å². The number of rotatable bonds is 18. The number of nitrogens with zero attached hydrogens (tertiary/aromatic N) is 3. The van der Waals surface area contributed by atoms with Crippen molar-refractivity contribution in [2.24, 2.45) is 11.8 Å². The highest BCUT2D eigenvalue weighted by Crippen LogP contribution is 2.47. The molecular weight excluding hydrogens is 874 g/mol. The molecule has 3 amide bonds. The number of likely N-dealkylation sites (tertiary alicyclic amines) is 2. The van der Waals surface area contributed by atoms with E-state index < -0.39 is 59.8 Å². The Morgan fingerprint density at radius 3 is 1.57 bits per heavy atom. The van der Waals surface area contributed by atoms with E-state index >= 15 is 0 Å². The van der Waals surface area contributed by atoms with Crippen LogP contribution < -0.4 is 10.2 Å². The second-order valence-electron chi connectivity index (χ2n) is 17.6. The molecule has 3 saturated heterocycles. The summed E-state index contributed by atoms with van der Waals surface area (Å²) in [4.78, 5) is 84.3. The highest BCUT2D eigenvalue weighted by molar-refractivity contribution is 5.98. The van der Waals surface area contributed by atoms with Gasteiger partial charge < -0.3 is 39.0 Å². The van der Waals surface area contributed by atoms with Crippen molar-refractivity contribution in [3.8, 4) is 0 Å². The third-order valence-electron chi connectivity index (χ3n) is 13.7. The topological polar surface area (TPSA) is 161 Å². The number of methoxy groups -OCH3 is 4. The summed E-state index contributed by atoms with van der Waals surface area (Å²) in [7, 11) is 5.42. The Bertz CT molecular complexity index is 2090. The maximum absolute atomic E-state index is 13.8. The quantitative estimate of drug-likeness (QED) is 0.128. The van der Waals surface area contributed by atoms with Crippen molar-refractivity contribution >= 4 is 46.8 Å². The Kier molecular flexibility index (Phi) is 16.9. The number of alkyl halides is 3. The van der Waals surface area contributed by atoms with E-state index in [1.807, 2.05) is 36.4 Å². The first-order valence-electron chi connectivity index (χ1n) is 22.8. The van der Waals surface area contributed by atoms with Crippen LogP contribution in [0.25, 0.3) is 0 Å². The Balaban J connectivity index is 1.17. The number of nitrogens with one attached hydrogen (secondary N) is 1. The average molecular weight is 935 g/mol. The predicted octanol–water partition coefficient (Wildman–Crippen LogP) is 7.25. The number of hydrogen-bond acceptors (Lipinski definition) is 11. The summed E-state index contributed by atoms with van der Waals surface area (Å²) in [6, 6.07) is 18.1. The Morgan fingerprint density at radius 1 is 0.642 bits per heavy atom. The summed E-state index contributed by atoms with van der Waals surface area (Å²) in [5.41, 5.74) is 2.86. The lowest BCUT2D eigenvalue weighted by atomic mass is 9.95. The van der Waals surface area contributed by atoms with Crippen LogP contribution in [0.2, 0.25) is 0 Å². The highest BCUT2D eigenvalue weighted by Gasteiger charge is 2.42. The first kappa shape index (κ1) is 50.6. The van der Waals surface area contributed by atoms with E-state index in [9.17, 15) is 41.9 Å². The van der Waals surface area contributed by atoms with Crippen LogP contribution in [-0.4, -0.2) is 111 Å². The zero-order valence-corrected chi connectivity index (χ0v) is 38.9. The molecule has 0 aromatic heterocycles. The summed E-state index contributed by atoms with van der Waals surface area (Å²) in [6.45, 7) is 4.14. The zero-order chi connectivity index (χ0) is 48.6. The summed E-state index contributed by atoms with van der Waals surface area (Å²) >= 11 is 0. The molecule has 0 saturated carbocycles. The number of Topliss-reactive ketones (excluding diaryl/α,β-unsaturated/α-hetero) is 1. The van der Waals surface area contributed by atoms with Crippen molar-refractivity contribution in [3.05, 3.63) is 95.1 Å². The molecule has 362 valence electrons. The number of benzene rings is 3. The third-order valence-corrected chi connectivity index (χ3v) is 13.7. The molecule has 3 aromatic rings. The lowest BCUT2D eigenvalue weighted by molar-refractivity contribution is -0.151. The average Bonchev–Trinajstić information content (AvgIpc) is 4.13. The molecule has 1 unspecified atom stereocenters. The molecule has 3 fully saturated rings. The molecular formula is C50H61F3N4O10. The zero-order valence-electron chi connectivity index (χ0n) is 38.9. The van der Waals surface area contributed by atoms with Crippen LogP contribution in [0, 0.1) is 11.8 Å². The van der Waals surface area contributed by atoms with E-state index in [0.717, 1.165) is 28.8 Å². The normalized spacial score (nSPS) is 21.4. The molecule has 1 N–H and O–H groups in total. The smallest absolute Gasteiger partial charge is 0.416 e. The number of ketones is 1. The van der Waals surface area contributed by atoms with Crippen LogP contribution in [0.3, 0.4) is 0 Å². The van der Waals surface area contributed by atoms with Gasteiger partial charge in [0.05, 0.1) is 74.8 Å². The lowest BCUT2D eigenvalue weighted by Gasteiger charge is -2.34. The van der Waals surface area contributed by atoms with Crippen LogP contribution >= 0.6 is 0 Å². The number of carbonyl (C=O) groups is 6. The van der Waals surface area contributed by atoms with Crippen molar-refractivity contribution in [3.63, 3.8) is 0 Å². The van der Waals surface area contributed by atoms with E-state index in [1.54, 1.807) is 30.9 Å². The monoisotopic (exact) mass is 934 g/mol. The fraction of sp³-hybridized carbons (Fsp3) is 0.520. The van der Waals surface area contributed by atoms with Gasteiger partial charge in [0.15, 0.2) is 5.78 Å². The molecule has 0 bridgehead atoms. The summed E-state index contributed by atoms with van der Waals surface area (Å²) in [5, 5.41) is 2.94. The molecule has 67 heavy (non-hydrogen) atoms. The molecule has 17 heteroatoms. The van der Waals surface area contributed by atoms with Gasteiger partial charge in [0, 0.05) is 45.1 Å². The van der Waals surface area contributed by atoms with Crippen LogP contribution in [0.4, 0.5) is 24.5 Å². The largest absolute Gasteiger partial charge is 0.469 e. The van der Waals surface area contributed by atoms with Crippen molar-refractivity contribution in [2.75, 3.05) is 51.7 Å². The van der Waals surface area contributed by atoms with Crippen LogP contribution in [0.15, 0.2) is 72.8 Å². The summed E-state index contributed by atoms with van der Waals surface area (Å²) in [6.07, 6.45) is -2.42. The molecule has 6 rings (SSSR count). The first-order valence-corrected chi connectivity index (χ1v) is 22.8. The summed E-state index contributed by atoms with van der Waals surface area (Å²) in [5.74, 6) is -3.90. The lowest BCUT2D eigenvalue weighted by Crippen LogP contribution is -2.48. The van der Waals surface area contributed by atoms with E-state index in [1.165, 1.54) is 45.5 Å². The van der Waals surface area contributed by atoms with Crippen molar-refractivity contribution in [2.45, 2.75) is 114 Å². The summed E-state index contributed by atoms with van der Waals surface area (Å²) < 4.78 is 61.5. The number of esters is 2. The molecule has 0 spiro atoms. The van der Waals surface area contributed by atoms with Gasteiger partial charge in [-0.3, -0.25) is 28.8 Å². The van der Waals surface area contributed by atoms with E-state index in [4.69, 9.17) is 18.9 Å². The number of carbonyl (C=O) groups excluding carboxylic acids is 6. The minimum absolute atomic E-state index is 0.0764. The van der Waals surface area contributed by atoms with Gasteiger partial charge in [-0.25, -0.2) is 0 Å². The van der Waals surface area contributed by atoms with E-state index in [0.29, 0.717) is 63.0 Å². The Morgan fingerprint density at radius 2 is 1.10 bits per heavy atom. The van der Waals surface area contributed by atoms with Crippen molar-refractivity contribution in [1.29, 1.82) is 0 Å². The number of anilines is 2. The predicted molar refractivity (Wildman–Crippen MR) is 242 cm³/mol. The second kappa shape index (κ2) is 22.3. The molecule has 3 heterocycles. The molecule has 0 radical (unpaired) electrons. The van der Waals surface area contributed by atoms with Gasteiger partial charge in [0.2, 0.25) is 17.7 Å². The standard InChI is InChI=1S/C50H61F3N4O10/c1-30(64-3)38(28-45(59)66-5)48(62)55-25-7-9-42(55)44(58)27-32-11-13-33(14-12-32)40-23-24-41(57(40)37-21-17-35(18-22-37)50(51,52)53)34-15-19-36(20-16-34)54-47(61)43-10-8-26-56(43)49(63)39(31(2)65-4)29-46(60)67-6/h11-22,30-31,38-43H,7-10,23-29H2,1-6H3,(H,54,61)/t30-,31-,38-,39-,40+,41+,42-,43?/m0/s1. The Labute approximate surface area is 389 Å². The highest BCUT2D eigenvalue weighted by atomic mass is 19.4. The van der Waals surface area contributed by atoms with Gasteiger partial charge in [-0.2, -0.15) is 13.2 Å². The van der Waals surface area contributed by atoms with E-state index in [2.05, 4.69) is 10.2 Å². The van der Waals surface area contributed by atoms with Gasteiger partial charge in [-0.05, 0) is 105 Å². The third kappa shape index (κ3) is 11.8. The molecule has 14 nitrogen and oxygen atoms in total. The van der Waals surface area contributed by atoms with Gasteiger partial charge >= 0.3 is 18.1 Å². The molecule has 0 aliphatic carbocycles. The van der Waals surface area contributed by atoms with Crippen molar-refractivity contribution in [1.82, 2.24) is 9.80 Å².